The highest BCUT2D eigenvalue weighted by Gasteiger charge is 2.17. The number of para-hydroxylation sites is 1. The topological polar surface area (TPSA) is 59.8 Å². The number of fused-ring (bicyclic) bond motifs is 1. The van der Waals surface area contributed by atoms with Gasteiger partial charge in [-0.2, -0.15) is 0 Å². The Morgan fingerprint density at radius 3 is 2.60 bits per heavy atom. The van der Waals surface area contributed by atoms with Crippen molar-refractivity contribution >= 4 is 33.3 Å². The highest BCUT2D eigenvalue weighted by molar-refractivity contribution is 7.15. The van der Waals surface area contributed by atoms with E-state index in [0.29, 0.717) is 17.4 Å². The van der Waals surface area contributed by atoms with Crippen LogP contribution in [0.15, 0.2) is 60.7 Å². The van der Waals surface area contributed by atoms with Crippen LogP contribution < -0.4 is 5.32 Å². The molecule has 6 heteroatoms. The summed E-state index contributed by atoms with van der Waals surface area (Å²) in [5.41, 5.74) is 2.78. The molecule has 0 spiro atoms. The summed E-state index contributed by atoms with van der Waals surface area (Å²) < 4.78 is 2.04. The van der Waals surface area contributed by atoms with Crippen LogP contribution in [-0.2, 0) is 6.54 Å². The van der Waals surface area contributed by atoms with Crippen molar-refractivity contribution in [3.63, 3.8) is 0 Å². The van der Waals surface area contributed by atoms with Crippen LogP contribution in [-0.4, -0.2) is 20.7 Å². The number of benzene rings is 2. The number of hydrogen-bond acceptors (Lipinski definition) is 4. The molecule has 0 saturated carbocycles. The fourth-order valence-corrected chi connectivity index (χ4v) is 3.43. The maximum Gasteiger partial charge on any atom is 0.274 e. The zero-order valence-electron chi connectivity index (χ0n) is 13.6. The van der Waals surface area contributed by atoms with Gasteiger partial charge < -0.3 is 4.57 Å². The Hall–Kier alpha value is -2.99. The Bertz CT molecular complexity index is 1040. The number of carbonyl (C=O) groups is 1. The molecule has 0 radical (unpaired) electrons. The number of aryl methyl sites for hydroxylation is 1. The van der Waals surface area contributed by atoms with Crippen molar-refractivity contribution in [3.8, 4) is 0 Å². The molecule has 0 saturated heterocycles. The van der Waals surface area contributed by atoms with Crippen LogP contribution in [0.25, 0.3) is 10.9 Å². The quantitative estimate of drug-likeness (QED) is 0.604. The minimum Gasteiger partial charge on any atom is -0.332 e. The van der Waals surface area contributed by atoms with E-state index in [1.54, 1.807) is 0 Å². The van der Waals surface area contributed by atoms with Crippen LogP contribution in [0.4, 0.5) is 5.13 Å². The molecule has 0 aliphatic rings. The minimum absolute atomic E-state index is 0.178. The zero-order valence-corrected chi connectivity index (χ0v) is 14.5. The van der Waals surface area contributed by atoms with Gasteiger partial charge in [0, 0.05) is 17.4 Å². The molecule has 1 N–H and O–H groups in total. The highest BCUT2D eigenvalue weighted by Crippen LogP contribution is 2.23. The van der Waals surface area contributed by atoms with Crippen LogP contribution in [0.2, 0.25) is 0 Å². The molecule has 0 aliphatic carbocycles. The lowest BCUT2D eigenvalue weighted by atomic mass is 10.2. The summed E-state index contributed by atoms with van der Waals surface area (Å²) in [7, 11) is 0. The van der Waals surface area contributed by atoms with E-state index in [4.69, 9.17) is 0 Å². The van der Waals surface area contributed by atoms with Gasteiger partial charge >= 0.3 is 0 Å². The molecule has 0 fully saturated rings. The standard InChI is InChI=1S/C19H16N4OS/c1-13-21-22-19(25-13)20-18(24)17-11-15-9-5-6-10-16(15)23(17)12-14-7-3-2-4-8-14/h2-11H,12H2,1H3,(H,20,22,24). The molecule has 2 aromatic heterocycles. The Kier molecular flexibility index (Phi) is 4.03. The average molecular weight is 348 g/mol. The van der Waals surface area contributed by atoms with Crippen molar-refractivity contribution in [2.24, 2.45) is 0 Å². The summed E-state index contributed by atoms with van der Waals surface area (Å²) in [4.78, 5) is 12.8. The number of hydrogen-bond donors (Lipinski definition) is 1. The number of rotatable bonds is 4. The SMILES string of the molecule is Cc1nnc(NC(=O)c2cc3ccccc3n2Cc2ccccc2)s1. The van der Waals surface area contributed by atoms with Gasteiger partial charge in [0.05, 0.1) is 0 Å². The number of aromatic nitrogens is 3. The maximum atomic E-state index is 12.8. The van der Waals surface area contributed by atoms with E-state index < -0.39 is 0 Å². The summed E-state index contributed by atoms with van der Waals surface area (Å²) in [5.74, 6) is -0.178. The molecule has 1 amide bonds. The number of nitrogens with one attached hydrogen (secondary N) is 1. The van der Waals surface area contributed by atoms with E-state index >= 15 is 0 Å². The van der Waals surface area contributed by atoms with Crippen molar-refractivity contribution in [3.05, 3.63) is 76.9 Å². The minimum atomic E-state index is -0.178. The first-order chi connectivity index (χ1) is 12.2. The third-order valence-electron chi connectivity index (χ3n) is 3.97. The van der Waals surface area contributed by atoms with Gasteiger partial charge in [-0.3, -0.25) is 10.1 Å². The van der Waals surface area contributed by atoms with Gasteiger partial charge in [-0.1, -0.05) is 59.9 Å². The van der Waals surface area contributed by atoms with Crippen molar-refractivity contribution < 1.29 is 4.79 Å². The fraction of sp³-hybridized carbons (Fsp3) is 0.105. The molecule has 2 heterocycles. The fourth-order valence-electron chi connectivity index (χ4n) is 2.84. The molecule has 0 bridgehead atoms. The third-order valence-corrected chi connectivity index (χ3v) is 4.73. The largest absolute Gasteiger partial charge is 0.332 e. The molecule has 4 aromatic rings. The van der Waals surface area contributed by atoms with E-state index in [2.05, 4.69) is 27.6 Å². The van der Waals surface area contributed by atoms with Crippen LogP contribution in [0.1, 0.15) is 21.1 Å². The molecular weight excluding hydrogens is 332 g/mol. The zero-order chi connectivity index (χ0) is 17.2. The molecule has 0 unspecified atom stereocenters. The van der Waals surface area contributed by atoms with Crippen molar-refractivity contribution in [1.29, 1.82) is 0 Å². The Labute approximate surface area is 149 Å². The smallest absolute Gasteiger partial charge is 0.274 e. The molecule has 4 rings (SSSR count). The second-order valence-electron chi connectivity index (χ2n) is 5.74. The number of anilines is 1. The maximum absolute atomic E-state index is 12.8. The Morgan fingerprint density at radius 2 is 1.84 bits per heavy atom. The normalized spacial score (nSPS) is 10.9. The summed E-state index contributed by atoms with van der Waals surface area (Å²) in [5, 5.41) is 13.1. The van der Waals surface area contributed by atoms with Gasteiger partial charge in [0.25, 0.3) is 5.91 Å². The molecule has 5 nitrogen and oxygen atoms in total. The van der Waals surface area contributed by atoms with E-state index in [0.717, 1.165) is 21.5 Å². The first kappa shape index (κ1) is 15.5. The van der Waals surface area contributed by atoms with Crippen LogP contribution in [0, 0.1) is 6.92 Å². The Morgan fingerprint density at radius 1 is 1.08 bits per heavy atom. The van der Waals surface area contributed by atoms with E-state index in [1.165, 1.54) is 11.3 Å². The summed E-state index contributed by atoms with van der Waals surface area (Å²) >= 11 is 1.36. The molecule has 0 aliphatic heterocycles. The molecule has 2 aromatic carbocycles. The van der Waals surface area contributed by atoms with Crippen LogP contribution in [0.5, 0.6) is 0 Å². The predicted molar refractivity (Wildman–Crippen MR) is 100 cm³/mol. The van der Waals surface area contributed by atoms with E-state index in [9.17, 15) is 4.79 Å². The van der Waals surface area contributed by atoms with Crippen LogP contribution in [0.3, 0.4) is 0 Å². The van der Waals surface area contributed by atoms with Gasteiger partial charge in [0.2, 0.25) is 5.13 Å². The first-order valence-electron chi connectivity index (χ1n) is 7.94. The van der Waals surface area contributed by atoms with E-state index in [-0.39, 0.29) is 5.91 Å². The summed E-state index contributed by atoms with van der Waals surface area (Å²) in [6, 6.07) is 20.0. The first-order valence-corrected chi connectivity index (χ1v) is 8.76. The number of carbonyl (C=O) groups excluding carboxylic acids is 1. The molecule has 25 heavy (non-hydrogen) atoms. The predicted octanol–water partition coefficient (Wildman–Crippen LogP) is 4.10. The lowest BCUT2D eigenvalue weighted by Crippen LogP contribution is -2.17. The Balaban J connectivity index is 1.74. The monoisotopic (exact) mass is 348 g/mol. The lowest BCUT2D eigenvalue weighted by Gasteiger charge is -2.10. The number of amides is 1. The van der Waals surface area contributed by atoms with Crippen molar-refractivity contribution in [1.82, 2.24) is 14.8 Å². The van der Waals surface area contributed by atoms with Gasteiger partial charge in [-0.25, -0.2) is 0 Å². The second-order valence-corrected chi connectivity index (χ2v) is 6.92. The van der Waals surface area contributed by atoms with Gasteiger partial charge in [0.15, 0.2) is 0 Å². The summed E-state index contributed by atoms with van der Waals surface area (Å²) in [6.45, 7) is 2.49. The summed E-state index contributed by atoms with van der Waals surface area (Å²) in [6.07, 6.45) is 0. The van der Waals surface area contributed by atoms with E-state index in [1.807, 2.05) is 60.0 Å². The second kappa shape index (κ2) is 6.49. The average Bonchev–Trinajstić information content (AvgIpc) is 3.20. The van der Waals surface area contributed by atoms with Crippen LogP contribution >= 0.6 is 11.3 Å². The molecule has 124 valence electrons. The molecule has 0 atom stereocenters. The van der Waals surface area contributed by atoms with Crippen molar-refractivity contribution in [2.75, 3.05) is 5.32 Å². The number of nitrogens with zero attached hydrogens (tertiary/aromatic N) is 3. The van der Waals surface area contributed by atoms with Crippen molar-refractivity contribution in [2.45, 2.75) is 13.5 Å². The molecular formula is C19H16N4OS. The van der Waals surface area contributed by atoms with Gasteiger partial charge in [-0.15, -0.1) is 10.2 Å². The van der Waals surface area contributed by atoms with Gasteiger partial charge in [-0.05, 0) is 24.6 Å². The lowest BCUT2D eigenvalue weighted by molar-refractivity contribution is 0.101. The third kappa shape index (κ3) is 3.16. The van der Waals surface area contributed by atoms with Gasteiger partial charge in [0.1, 0.15) is 10.7 Å². The highest BCUT2D eigenvalue weighted by atomic mass is 32.1.